The highest BCUT2D eigenvalue weighted by molar-refractivity contribution is 5.79. The standard InChI is InChI=1S/C20H27N3O2/c1-23(2)20(22-15-17-7-5-4-6-8-17)21-13-14-25-16-18-9-11-19(24-3)12-10-18/h4-12H,13-16H2,1-3H3,(H,21,22). The zero-order valence-electron chi connectivity index (χ0n) is 15.2. The van der Waals surface area contributed by atoms with E-state index in [1.807, 2.05) is 61.5 Å². The maximum absolute atomic E-state index is 5.71. The fraction of sp³-hybridized carbons (Fsp3) is 0.350. The molecular formula is C20H27N3O2. The molecule has 0 atom stereocenters. The molecule has 0 aliphatic rings. The van der Waals surface area contributed by atoms with E-state index in [4.69, 9.17) is 9.47 Å². The van der Waals surface area contributed by atoms with Gasteiger partial charge < -0.3 is 19.7 Å². The van der Waals surface area contributed by atoms with E-state index >= 15 is 0 Å². The van der Waals surface area contributed by atoms with Crippen LogP contribution in [0.4, 0.5) is 0 Å². The average molecular weight is 341 g/mol. The van der Waals surface area contributed by atoms with Crippen LogP contribution in [0, 0.1) is 0 Å². The van der Waals surface area contributed by atoms with E-state index in [0.29, 0.717) is 26.3 Å². The Bertz CT molecular complexity index is 640. The zero-order valence-corrected chi connectivity index (χ0v) is 15.2. The maximum Gasteiger partial charge on any atom is 0.193 e. The van der Waals surface area contributed by atoms with Gasteiger partial charge in [-0.15, -0.1) is 0 Å². The summed E-state index contributed by atoms with van der Waals surface area (Å²) < 4.78 is 10.9. The Hall–Kier alpha value is -2.53. The van der Waals surface area contributed by atoms with Crippen molar-refractivity contribution in [3.63, 3.8) is 0 Å². The molecule has 0 aromatic heterocycles. The number of nitrogens with zero attached hydrogens (tertiary/aromatic N) is 2. The van der Waals surface area contributed by atoms with E-state index < -0.39 is 0 Å². The van der Waals surface area contributed by atoms with Gasteiger partial charge in [0.1, 0.15) is 5.75 Å². The molecule has 2 aromatic rings. The first kappa shape index (κ1) is 18.8. The van der Waals surface area contributed by atoms with Gasteiger partial charge in [-0.1, -0.05) is 42.5 Å². The van der Waals surface area contributed by atoms with E-state index in [2.05, 4.69) is 22.4 Å². The van der Waals surface area contributed by atoms with Gasteiger partial charge in [-0.3, -0.25) is 0 Å². The summed E-state index contributed by atoms with van der Waals surface area (Å²) in [7, 11) is 5.63. The number of nitrogens with one attached hydrogen (secondary N) is 1. The minimum absolute atomic E-state index is 0.587. The molecule has 25 heavy (non-hydrogen) atoms. The van der Waals surface area contributed by atoms with Gasteiger partial charge in [0, 0.05) is 20.6 Å². The highest BCUT2D eigenvalue weighted by Gasteiger charge is 2.01. The van der Waals surface area contributed by atoms with Gasteiger partial charge in [-0.05, 0) is 23.3 Å². The van der Waals surface area contributed by atoms with Crippen LogP contribution in [0.25, 0.3) is 0 Å². The predicted molar refractivity (Wildman–Crippen MR) is 102 cm³/mol. The molecule has 0 aliphatic carbocycles. The van der Waals surface area contributed by atoms with Crippen LogP contribution >= 0.6 is 0 Å². The number of rotatable bonds is 8. The lowest BCUT2D eigenvalue weighted by Crippen LogP contribution is -2.38. The van der Waals surface area contributed by atoms with Crippen LogP contribution in [-0.4, -0.2) is 45.2 Å². The molecule has 1 N–H and O–H groups in total. The first-order valence-corrected chi connectivity index (χ1v) is 8.39. The van der Waals surface area contributed by atoms with Gasteiger partial charge >= 0.3 is 0 Å². The lowest BCUT2D eigenvalue weighted by molar-refractivity contribution is 0.125. The smallest absolute Gasteiger partial charge is 0.193 e. The molecule has 2 rings (SSSR count). The second-order valence-electron chi connectivity index (χ2n) is 5.85. The molecule has 0 spiro atoms. The number of methoxy groups -OCH3 is 1. The molecule has 0 amide bonds. The van der Waals surface area contributed by atoms with E-state index in [-0.39, 0.29) is 0 Å². The van der Waals surface area contributed by atoms with Gasteiger partial charge in [0.25, 0.3) is 0 Å². The molecule has 2 aromatic carbocycles. The predicted octanol–water partition coefficient (Wildman–Crippen LogP) is 2.92. The van der Waals surface area contributed by atoms with Crippen molar-refractivity contribution >= 4 is 5.96 Å². The number of aliphatic imine (C=N–C) groups is 1. The highest BCUT2D eigenvalue weighted by Crippen LogP contribution is 2.11. The molecule has 5 heteroatoms. The summed E-state index contributed by atoms with van der Waals surface area (Å²) >= 11 is 0. The quantitative estimate of drug-likeness (QED) is 0.456. The second-order valence-corrected chi connectivity index (χ2v) is 5.85. The van der Waals surface area contributed by atoms with Gasteiger partial charge in [-0.2, -0.15) is 0 Å². The zero-order chi connectivity index (χ0) is 17.9. The van der Waals surface area contributed by atoms with Crippen LogP contribution in [-0.2, 0) is 17.9 Å². The fourth-order valence-electron chi connectivity index (χ4n) is 2.25. The van der Waals surface area contributed by atoms with E-state index in [9.17, 15) is 0 Å². The summed E-state index contributed by atoms with van der Waals surface area (Å²) in [4.78, 5) is 6.61. The van der Waals surface area contributed by atoms with Crippen molar-refractivity contribution in [1.82, 2.24) is 10.2 Å². The summed E-state index contributed by atoms with van der Waals surface area (Å²) in [5, 5.41) is 3.32. The minimum Gasteiger partial charge on any atom is -0.497 e. The Balaban J connectivity index is 1.71. The van der Waals surface area contributed by atoms with Gasteiger partial charge in [0.15, 0.2) is 5.96 Å². The Kier molecular flexibility index (Phi) is 7.79. The lowest BCUT2D eigenvalue weighted by atomic mass is 10.2. The molecule has 134 valence electrons. The van der Waals surface area contributed by atoms with Gasteiger partial charge in [-0.25, -0.2) is 4.99 Å². The van der Waals surface area contributed by atoms with Crippen molar-refractivity contribution < 1.29 is 9.47 Å². The molecule has 0 heterocycles. The van der Waals surface area contributed by atoms with Crippen molar-refractivity contribution in [2.45, 2.75) is 13.2 Å². The van der Waals surface area contributed by atoms with Crippen molar-refractivity contribution in [1.29, 1.82) is 0 Å². The minimum atomic E-state index is 0.587. The lowest BCUT2D eigenvalue weighted by Gasteiger charge is -2.17. The normalized spacial score (nSPS) is 11.2. The summed E-state index contributed by atoms with van der Waals surface area (Å²) in [5.74, 6) is 1.72. The Labute approximate surface area is 150 Å². The largest absolute Gasteiger partial charge is 0.497 e. The molecule has 0 unspecified atom stereocenters. The van der Waals surface area contributed by atoms with Crippen molar-refractivity contribution in [3.8, 4) is 5.75 Å². The molecule has 0 fully saturated rings. The summed E-state index contributed by atoms with van der Waals surface area (Å²) in [5.41, 5.74) is 2.32. The maximum atomic E-state index is 5.71. The van der Waals surface area contributed by atoms with Crippen LogP contribution in [0.15, 0.2) is 59.6 Å². The van der Waals surface area contributed by atoms with Crippen LogP contribution in [0.1, 0.15) is 11.1 Å². The third-order valence-corrected chi connectivity index (χ3v) is 3.64. The number of guanidine groups is 1. The third-order valence-electron chi connectivity index (χ3n) is 3.64. The topological polar surface area (TPSA) is 46.1 Å². The van der Waals surface area contributed by atoms with E-state index in [1.165, 1.54) is 5.56 Å². The first-order valence-electron chi connectivity index (χ1n) is 8.39. The van der Waals surface area contributed by atoms with Crippen molar-refractivity contribution in [3.05, 3.63) is 65.7 Å². The van der Waals surface area contributed by atoms with Crippen LogP contribution in [0.3, 0.4) is 0 Å². The Morgan fingerprint density at radius 2 is 1.72 bits per heavy atom. The molecule has 0 bridgehead atoms. The van der Waals surface area contributed by atoms with Crippen LogP contribution in [0.5, 0.6) is 5.75 Å². The van der Waals surface area contributed by atoms with E-state index in [1.54, 1.807) is 7.11 Å². The summed E-state index contributed by atoms with van der Waals surface area (Å²) in [6.07, 6.45) is 0. The number of hydrogen-bond donors (Lipinski definition) is 1. The first-order chi connectivity index (χ1) is 12.2. The van der Waals surface area contributed by atoms with Gasteiger partial charge in [0.2, 0.25) is 0 Å². The average Bonchev–Trinajstić information content (AvgIpc) is 2.65. The van der Waals surface area contributed by atoms with Crippen LogP contribution < -0.4 is 10.1 Å². The monoisotopic (exact) mass is 341 g/mol. The van der Waals surface area contributed by atoms with Crippen LogP contribution in [0.2, 0.25) is 0 Å². The van der Waals surface area contributed by atoms with Crippen molar-refractivity contribution in [2.75, 3.05) is 34.4 Å². The molecule has 0 aliphatic heterocycles. The second kappa shape index (κ2) is 10.4. The highest BCUT2D eigenvalue weighted by atomic mass is 16.5. The molecule has 0 saturated heterocycles. The SMILES string of the molecule is COc1ccc(COCCNC(=NCc2ccccc2)N(C)C)cc1. The van der Waals surface area contributed by atoms with E-state index in [0.717, 1.165) is 17.3 Å². The number of ether oxygens (including phenoxy) is 2. The van der Waals surface area contributed by atoms with Gasteiger partial charge in [0.05, 0.1) is 26.9 Å². The molecule has 0 radical (unpaired) electrons. The molecule has 5 nitrogen and oxygen atoms in total. The van der Waals surface area contributed by atoms with Crippen molar-refractivity contribution in [2.24, 2.45) is 4.99 Å². The fourth-order valence-corrected chi connectivity index (χ4v) is 2.25. The Morgan fingerprint density at radius 1 is 1.00 bits per heavy atom. The summed E-state index contributed by atoms with van der Waals surface area (Å²) in [6.45, 7) is 2.57. The number of hydrogen-bond acceptors (Lipinski definition) is 3. The molecular weight excluding hydrogens is 314 g/mol. The summed E-state index contributed by atoms with van der Waals surface area (Å²) in [6, 6.07) is 18.1. The molecule has 0 saturated carbocycles. The number of benzene rings is 2. The Morgan fingerprint density at radius 3 is 2.36 bits per heavy atom. The third kappa shape index (κ3) is 6.85.